The topological polar surface area (TPSA) is 65.4 Å². The fourth-order valence-electron chi connectivity index (χ4n) is 2.56. The van der Waals surface area contributed by atoms with Crippen LogP contribution in [-0.2, 0) is 4.79 Å². The van der Waals surface area contributed by atoms with E-state index in [9.17, 15) is 4.79 Å². The van der Waals surface area contributed by atoms with E-state index in [1.807, 2.05) is 42.0 Å². The van der Waals surface area contributed by atoms with Crippen molar-refractivity contribution < 1.29 is 14.3 Å². The Balaban J connectivity index is 1.71. The van der Waals surface area contributed by atoms with Gasteiger partial charge in [0.1, 0.15) is 11.5 Å². The summed E-state index contributed by atoms with van der Waals surface area (Å²) in [6, 6.07) is 11.0. The van der Waals surface area contributed by atoms with Gasteiger partial charge in [0.2, 0.25) is 5.91 Å². The maximum Gasteiger partial charge on any atom is 0.234 e. The normalized spacial score (nSPS) is 10.6. The van der Waals surface area contributed by atoms with E-state index in [0.717, 1.165) is 11.3 Å². The summed E-state index contributed by atoms with van der Waals surface area (Å²) < 4.78 is 12.6. The number of aromatic nitrogens is 2. The molecule has 2 aromatic carbocycles. The van der Waals surface area contributed by atoms with Gasteiger partial charge in [-0.2, -0.15) is 0 Å². The largest absolute Gasteiger partial charge is 0.497 e. The van der Waals surface area contributed by atoms with Gasteiger partial charge in [0.25, 0.3) is 0 Å². The highest BCUT2D eigenvalue weighted by Gasteiger charge is 2.13. The lowest BCUT2D eigenvalue weighted by atomic mass is 10.2. The van der Waals surface area contributed by atoms with E-state index in [-0.39, 0.29) is 11.7 Å². The number of amides is 1. The molecule has 0 spiro atoms. The lowest BCUT2D eigenvalue weighted by Gasteiger charge is -2.13. The Hall–Kier alpha value is -2.64. The van der Waals surface area contributed by atoms with Gasteiger partial charge in [0, 0.05) is 29.2 Å². The lowest BCUT2D eigenvalue weighted by molar-refractivity contribution is -0.113. The average Bonchev–Trinajstić information content (AvgIpc) is 3.17. The summed E-state index contributed by atoms with van der Waals surface area (Å²) in [6.07, 6.45) is 3.51. The third kappa shape index (κ3) is 4.61. The molecule has 1 heterocycles. The van der Waals surface area contributed by atoms with Gasteiger partial charge in [0.15, 0.2) is 5.16 Å². The molecule has 3 aromatic rings. The van der Waals surface area contributed by atoms with Gasteiger partial charge in [-0.05, 0) is 36.8 Å². The van der Waals surface area contributed by atoms with Crippen molar-refractivity contribution in [2.24, 2.45) is 0 Å². The molecular weight excluding hydrogens is 398 g/mol. The van der Waals surface area contributed by atoms with Gasteiger partial charge in [-0.1, -0.05) is 29.4 Å². The van der Waals surface area contributed by atoms with Gasteiger partial charge in [-0.3, -0.25) is 9.36 Å². The van der Waals surface area contributed by atoms with Crippen LogP contribution in [-0.4, -0.2) is 35.4 Å². The Labute approximate surface area is 172 Å². The minimum atomic E-state index is -0.138. The van der Waals surface area contributed by atoms with Crippen LogP contribution in [0, 0.1) is 6.92 Å². The second kappa shape index (κ2) is 9.03. The SMILES string of the molecule is COc1ccc(-n2ccnc2SCC(=O)Nc2ccc(C)c(Cl)c2)c(OC)c1. The number of rotatable bonds is 7. The van der Waals surface area contributed by atoms with E-state index in [0.29, 0.717) is 27.4 Å². The Kier molecular flexibility index (Phi) is 6.49. The molecule has 0 aliphatic carbocycles. The summed E-state index contributed by atoms with van der Waals surface area (Å²) in [6.45, 7) is 1.91. The van der Waals surface area contributed by atoms with Crippen molar-refractivity contribution in [3.05, 3.63) is 59.4 Å². The summed E-state index contributed by atoms with van der Waals surface area (Å²) >= 11 is 7.44. The third-order valence-corrected chi connectivity index (χ3v) is 5.42. The number of anilines is 1. The molecule has 3 rings (SSSR count). The Morgan fingerprint density at radius 2 is 2.04 bits per heavy atom. The average molecular weight is 418 g/mol. The Bertz CT molecular complexity index is 991. The zero-order valence-electron chi connectivity index (χ0n) is 15.7. The molecule has 146 valence electrons. The van der Waals surface area contributed by atoms with Gasteiger partial charge >= 0.3 is 0 Å². The van der Waals surface area contributed by atoms with Crippen molar-refractivity contribution in [2.75, 3.05) is 25.3 Å². The summed E-state index contributed by atoms with van der Waals surface area (Å²) in [7, 11) is 3.20. The number of carbonyl (C=O) groups excluding carboxylic acids is 1. The van der Waals surface area contributed by atoms with Crippen molar-refractivity contribution in [2.45, 2.75) is 12.1 Å². The van der Waals surface area contributed by atoms with Crippen LogP contribution < -0.4 is 14.8 Å². The van der Waals surface area contributed by atoms with Gasteiger partial charge in [-0.15, -0.1) is 0 Å². The van der Waals surface area contributed by atoms with Crippen LogP contribution in [0.2, 0.25) is 5.02 Å². The monoisotopic (exact) mass is 417 g/mol. The summed E-state index contributed by atoms with van der Waals surface area (Å²) in [5.74, 6) is 1.42. The summed E-state index contributed by atoms with van der Waals surface area (Å²) in [5, 5.41) is 4.15. The first-order valence-electron chi connectivity index (χ1n) is 8.46. The molecule has 28 heavy (non-hydrogen) atoms. The second-order valence-electron chi connectivity index (χ2n) is 5.92. The zero-order chi connectivity index (χ0) is 20.1. The lowest BCUT2D eigenvalue weighted by Crippen LogP contribution is -2.14. The number of thioether (sulfide) groups is 1. The smallest absolute Gasteiger partial charge is 0.234 e. The van der Waals surface area contributed by atoms with Crippen molar-refractivity contribution in [3.63, 3.8) is 0 Å². The van der Waals surface area contributed by atoms with Crippen LogP contribution in [0.4, 0.5) is 5.69 Å². The number of hydrogen-bond donors (Lipinski definition) is 1. The number of methoxy groups -OCH3 is 2. The first-order valence-corrected chi connectivity index (χ1v) is 9.82. The van der Waals surface area contributed by atoms with Crippen LogP contribution in [0.1, 0.15) is 5.56 Å². The minimum Gasteiger partial charge on any atom is -0.497 e. The van der Waals surface area contributed by atoms with Crippen molar-refractivity contribution in [1.82, 2.24) is 9.55 Å². The Morgan fingerprint density at radius 3 is 2.75 bits per heavy atom. The van der Waals surface area contributed by atoms with Crippen LogP contribution >= 0.6 is 23.4 Å². The van der Waals surface area contributed by atoms with Crippen molar-refractivity contribution >= 4 is 35.0 Å². The quantitative estimate of drug-likeness (QED) is 0.570. The minimum absolute atomic E-state index is 0.138. The molecule has 6 nitrogen and oxygen atoms in total. The van der Waals surface area contributed by atoms with Crippen LogP contribution in [0.25, 0.3) is 5.69 Å². The summed E-state index contributed by atoms with van der Waals surface area (Å²) in [4.78, 5) is 16.7. The molecule has 0 aliphatic heterocycles. The number of hydrogen-bond acceptors (Lipinski definition) is 5. The molecule has 1 amide bonds. The maximum atomic E-state index is 12.3. The van der Waals surface area contributed by atoms with Gasteiger partial charge in [-0.25, -0.2) is 4.98 Å². The molecule has 0 radical (unpaired) electrons. The van der Waals surface area contributed by atoms with Crippen LogP contribution in [0.15, 0.2) is 53.9 Å². The molecule has 0 unspecified atom stereocenters. The molecule has 0 saturated heterocycles. The third-order valence-electron chi connectivity index (χ3n) is 4.04. The molecule has 0 saturated carbocycles. The van der Waals surface area contributed by atoms with Gasteiger partial charge < -0.3 is 14.8 Å². The molecule has 1 aromatic heterocycles. The van der Waals surface area contributed by atoms with E-state index in [1.54, 1.807) is 32.5 Å². The maximum absolute atomic E-state index is 12.3. The van der Waals surface area contributed by atoms with E-state index < -0.39 is 0 Å². The fourth-order valence-corrected chi connectivity index (χ4v) is 3.51. The summed E-state index contributed by atoms with van der Waals surface area (Å²) in [5.41, 5.74) is 2.44. The van der Waals surface area contributed by atoms with Crippen LogP contribution in [0.3, 0.4) is 0 Å². The van der Waals surface area contributed by atoms with E-state index in [4.69, 9.17) is 21.1 Å². The molecule has 0 fully saturated rings. The number of ether oxygens (including phenoxy) is 2. The standard InChI is InChI=1S/C20H20ClN3O3S/c1-13-4-5-14(10-16(13)21)23-19(25)12-28-20-22-8-9-24(20)17-7-6-15(26-2)11-18(17)27-3/h4-11H,12H2,1-3H3,(H,23,25). The first kappa shape index (κ1) is 20.1. The second-order valence-corrected chi connectivity index (χ2v) is 7.27. The molecule has 8 heteroatoms. The van der Waals surface area contributed by atoms with E-state index in [2.05, 4.69) is 10.3 Å². The molecule has 0 atom stereocenters. The molecular formula is C20H20ClN3O3S. The zero-order valence-corrected chi connectivity index (χ0v) is 17.3. The number of benzene rings is 2. The highest BCUT2D eigenvalue weighted by molar-refractivity contribution is 7.99. The number of aryl methyl sites for hydroxylation is 1. The highest BCUT2D eigenvalue weighted by atomic mass is 35.5. The Morgan fingerprint density at radius 1 is 1.21 bits per heavy atom. The van der Waals surface area contributed by atoms with E-state index >= 15 is 0 Å². The first-order chi connectivity index (χ1) is 13.5. The molecule has 0 aliphatic rings. The van der Waals surface area contributed by atoms with Gasteiger partial charge in [0.05, 0.1) is 25.7 Å². The number of halogens is 1. The predicted octanol–water partition coefficient (Wildman–Crippen LogP) is 4.58. The number of imidazole rings is 1. The fraction of sp³-hybridized carbons (Fsp3) is 0.200. The number of nitrogens with zero attached hydrogens (tertiary/aromatic N) is 2. The van der Waals surface area contributed by atoms with Crippen molar-refractivity contribution in [1.29, 1.82) is 0 Å². The molecule has 1 N–H and O–H groups in total. The predicted molar refractivity (Wildman–Crippen MR) is 112 cm³/mol. The molecule has 0 bridgehead atoms. The number of nitrogens with one attached hydrogen (secondary N) is 1. The van der Waals surface area contributed by atoms with E-state index in [1.165, 1.54) is 11.8 Å². The van der Waals surface area contributed by atoms with Crippen LogP contribution in [0.5, 0.6) is 11.5 Å². The van der Waals surface area contributed by atoms with Crippen molar-refractivity contribution in [3.8, 4) is 17.2 Å². The highest BCUT2D eigenvalue weighted by Crippen LogP contribution is 2.31. The number of carbonyl (C=O) groups is 1.